The molecule has 1 aliphatic rings. The molecule has 0 bridgehead atoms. The maximum absolute atomic E-state index is 12.4. The van der Waals surface area contributed by atoms with Crippen LogP contribution in [0.25, 0.3) is 5.69 Å². The second-order valence-corrected chi connectivity index (χ2v) is 5.45. The molecule has 0 atom stereocenters. The number of nitrogens with zero attached hydrogens (tertiary/aromatic N) is 2. The lowest BCUT2D eigenvalue weighted by Gasteiger charge is -2.16. The zero-order valence-electron chi connectivity index (χ0n) is 12.5. The summed E-state index contributed by atoms with van der Waals surface area (Å²) in [5.74, 6) is 1.79. The molecule has 2 aromatic rings. The number of nitrogens with one attached hydrogen (secondary N) is 2. The van der Waals surface area contributed by atoms with Crippen LogP contribution in [0, 0.1) is 12.3 Å². The lowest BCUT2D eigenvalue weighted by Crippen LogP contribution is -2.49. The number of terminal acetylenes is 1. The van der Waals surface area contributed by atoms with Gasteiger partial charge in [0.25, 0.3) is 5.91 Å². The largest absolute Gasteiger partial charge is 0.343 e. The number of hydrogen-bond donors (Lipinski definition) is 2. The Labute approximate surface area is 133 Å². The van der Waals surface area contributed by atoms with E-state index in [2.05, 4.69) is 21.5 Å². The average Bonchev–Trinajstić information content (AvgIpc) is 3.14. The van der Waals surface area contributed by atoms with Gasteiger partial charge in [0.05, 0.1) is 24.0 Å². The van der Waals surface area contributed by atoms with Crippen molar-refractivity contribution >= 4 is 11.8 Å². The third-order valence-corrected chi connectivity index (χ3v) is 3.78. The van der Waals surface area contributed by atoms with Crippen LogP contribution in [-0.4, -0.2) is 33.4 Å². The maximum Gasteiger partial charge on any atom is 0.253 e. The van der Waals surface area contributed by atoms with Gasteiger partial charge in [-0.05, 0) is 31.0 Å². The van der Waals surface area contributed by atoms with E-state index >= 15 is 0 Å². The normalized spacial score (nSPS) is 14.6. The molecule has 1 saturated carbocycles. The molecule has 2 N–H and O–H groups in total. The first-order valence-electron chi connectivity index (χ1n) is 7.27. The molecule has 0 saturated heterocycles. The van der Waals surface area contributed by atoms with Gasteiger partial charge < -0.3 is 15.2 Å². The van der Waals surface area contributed by atoms with Gasteiger partial charge in [-0.2, -0.15) is 0 Å². The van der Waals surface area contributed by atoms with Crippen molar-refractivity contribution in [1.82, 2.24) is 20.2 Å². The number of amides is 2. The minimum absolute atomic E-state index is 0.154. The third-order valence-electron chi connectivity index (χ3n) is 3.78. The molecular formula is C17H16N4O2. The van der Waals surface area contributed by atoms with Crippen molar-refractivity contribution in [1.29, 1.82) is 0 Å². The Morgan fingerprint density at radius 3 is 2.70 bits per heavy atom. The molecule has 0 aliphatic heterocycles. The van der Waals surface area contributed by atoms with Crippen molar-refractivity contribution < 1.29 is 9.59 Å². The summed E-state index contributed by atoms with van der Waals surface area (Å²) in [5.41, 5.74) is 0.355. The molecule has 3 rings (SSSR count). The highest BCUT2D eigenvalue weighted by Gasteiger charge is 2.51. The highest BCUT2D eigenvalue weighted by molar-refractivity contribution is 6.00. The lowest BCUT2D eigenvalue weighted by atomic mass is 10.2. The van der Waals surface area contributed by atoms with Gasteiger partial charge in [-0.3, -0.25) is 14.6 Å². The van der Waals surface area contributed by atoms with E-state index in [1.807, 2.05) is 29.1 Å². The fourth-order valence-electron chi connectivity index (χ4n) is 2.32. The van der Waals surface area contributed by atoms with Gasteiger partial charge in [-0.25, -0.2) is 0 Å². The third kappa shape index (κ3) is 3.09. The maximum atomic E-state index is 12.4. The van der Waals surface area contributed by atoms with Gasteiger partial charge in [-0.1, -0.05) is 5.92 Å². The summed E-state index contributed by atoms with van der Waals surface area (Å²) in [6, 6.07) is 5.52. The zero-order valence-corrected chi connectivity index (χ0v) is 12.5. The molecule has 1 fully saturated rings. The quantitative estimate of drug-likeness (QED) is 0.805. The first kappa shape index (κ1) is 14.9. The van der Waals surface area contributed by atoms with Crippen molar-refractivity contribution in [2.24, 2.45) is 0 Å². The van der Waals surface area contributed by atoms with Crippen molar-refractivity contribution in [2.75, 3.05) is 6.54 Å². The van der Waals surface area contributed by atoms with Gasteiger partial charge in [0.15, 0.2) is 0 Å². The number of carbonyl (C=O) groups excluding carboxylic acids is 2. The van der Waals surface area contributed by atoms with Crippen LogP contribution < -0.4 is 10.6 Å². The predicted octanol–water partition coefficient (Wildman–Crippen LogP) is 0.884. The molecule has 6 heteroatoms. The van der Waals surface area contributed by atoms with E-state index in [1.165, 1.54) is 6.20 Å². The summed E-state index contributed by atoms with van der Waals surface area (Å²) >= 11 is 0. The predicted molar refractivity (Wildman–Crippen MR) is 84.8 cm³/mol. The summed E-state index contributed by atoms with van der Waals surface area (Å²) in [4.78, 5) is 28.6. The van der Waals surface area contributed by atoms with Crippen molar-refractivity contribution in [3.63, 3.8) is 0 Å². The van der Waals surface area contributed by atoms with E-state index in [-0.39, 0.29) is 18.4 Å². The summed E-state index contributed by atoms with van der Waals surface area (Å²) in [5, 5.41) is 5.41. The zero-order chi connectivity index (χ0) is 16.3. The Morgan fingerprint density at radius 1 is 1.30 bits per heavy atom. The van der Waals surface area contributed by atoms with Crippen LogP contribution in [0.2, 0.25) is 0 Å². The van der Waals surface area contributed by atoms with Crippen LogP contribution in [0.4, 0.5) is 0 Å². The van der Waals surface area contributed by atoms with Crippen LogP contribution in [0.15, 0.2) is 43.0 Å². The summed E-state index contributed by atoms with van der Waals surface area (Å²) in [6.07, 6.45) is 13.2. The van der Waals surface area contributed by atoms with E-state index < -0.39 is 5.54 Å². The molecule has 1 aliphatic carbocycles. The molecule has 0 radical (unpaired) electrons. The molecule has 2 heterocycles. The van der Waals surface area contributed by atoms with Gasteiger partial charge in [-0.15, -0.1) is 6.42 Å². The molecule has 6 nitrogen and oxygen atoms in total. The number of hydrogen-bond acceptors (Lipinski definition) is 3. The second-order valence-electron chi connectivity index (χ2n) is 5.45. The molecule has 0 unspecified atom stereocenters. The topological polar surface area (TPSA) is 76.0 Å². The number of rotatable bonds is 5. The Hall–Kier alpha value is -3.07. The highest BCUT2D eigenvalue weighted by Crippen LogP contribution is 2.35. The minimum Gasteiger partial charge on any atom is -0.343 e. The molecule has 23 heavy (non-hydrogen) atoms. The average molecular weight is 308 g/mol. The van der Waals surface area contributed by atoms with E-state index in [9.17, 15) is 9.59 Å². The Bertz CT molecular complexity index is 770. The van der Waals surface area contributed by atoms with Gasteiger partial charge in [0.1, 0.15) is 5.54 Å². The van der Waals surface area contributed by atoms with Gasteiger partial charge in [0.2, 0.25) is 5.91 Å². The van der Waals surface area contributed by atoms with Gasteiger partial charge in [0, 0.05) is 18.6 Å². The fourth-order valence-corrected chi connectivity index (χ4v) is 2.32. The Morgan fingerprint density at radius 2 is 2.04 bits per heavy atom. The van der Waals surface area contributed by atoms with E-state index in [0.29, 0.717) is 18.4 Å². The Balaban J connectivity index is 1.73. The monoisotopic (exact) mass is 308 g/mol. The smallest absolute Gasteiger partial charge is 0.253 e. The molecule has 2 amide bonds. The highest BCUT2D eigenvalue weighted by atomic mass is 16.2. The standard InChI is InChI=1S/C17H16N4O2/c1-2-7-19-16(23)17(5-6-17)20-15(22)13-10-14(12-18-11-13)21-8-3-4-9-21/h1,3-4,8-12H,5-7H2,(H,19,23)(H,20,22). The first-order chi connectivity index (χ1) is 11.1. The minimum atomic E-state index is -0.836. The first-order valence-corrected chi connectivity index (χ1v) is 7.27. The summed E-state index contributed by atoms with van der Waals surface area (Å²) in [7, 11) is 0. The van der Waals surface area contributed by atoms with Crippen molar-refractivity contribution in [3.05, 3.63) is 48.5 Å². The Kier molecular flexibility index (Phi) is 3.85. The molecule has 116 valence electrons. The van der Waals surface area contributed by atoms with Crippen LogP contribution in [0.5, 0.6) is 0 Å². The lowest BCUT2D eigenvalue weighted by molar-refractivity contribution is -0.123. The summed E-state index contributed by atoms with van der Waals surface area (Å²) in [6.45, 7) is 0.154. The molecule has 0 spiro atoms. The van der Waals surface area contributed by atoms with Crippen LogP contribution in [0.1, 0.15) is 23.2 Å². The fraction of sp³-hybridized carbons (Fsp3) is 0.235. The summed E-state index contributed by atoms with van der Waals surface area (Å²) < 4.78 is 1.86. The van der Waals surface area contributed by atoms with Crippen molar-refractivity contribution in [2.45, 2.75) is 18.4 Å². The molecule has 0 aromatic carbocycles. The van der Waals surface area contributed by atoms with E-state index in [4.69, 9.17) is 6.42 Å². The number of carbonyl (C=O) groups is 2. The number of pyridine rings is 1. The van der Waals surface area contributed by atoms with E-state index in [1.54, 1.807) is 12.3 Å². The number of aromatic nitrogens is 2. The van der Waals surface area contributed by atoms with Gasteiger partial charge >= 0.3 is 0 Å². The molecule has 2 aromatic heterocycles. The van der Waals surface area contributed by atoms with Crippen LogP contribution in [-0.2, 0) is 4.79 Å². The SMILES string of the molecule is C#CCNC(=O)C1(NC(=O)c2cncc(-n3cccc3)c2)CC1. The van der Waals surface area contributed by atoms with Crippen molar-refractivity contribution in [3.8, 4) is 18.0 Å². The van der Waals surface area contributed by atoms with Crippen LogP contribution >= 0.6 is 0 Å². The second kappa shape index (κ2) is 5.97. The van der Waals surface area contributed by atoms with E-state index in [0.717, 1.165) is 5.69 Å². The molecular weight excluding hydrogens is 292 g/mol. The van der Waals surface area contributed by atoms with Crippen LogP contribution in [0.3, 0.4) is 0 Å².